The number of anilines is 1. The molecule has 0 spiro atoms. The molecule has 9 nitrogen and oxygen atoms in total. The smallest absolute Gasteiger partial charge is 0.328 e. The van der Waals surface area contributed by atoms with Crippen molar-refractivity contribution in [2.45, 2.75) is 26.9 Å². The van der Waals surface area contributed by atoms with Crippen LogP contribution in [0, 0.1) is 12.7 Å². The fourth-order valence-electron chi connectivity index (χ4n) is 4.31. The second-order valence-electron chi connectivity index (χ2n) is 8.12. The van der Waals surface area contributed by atoms with E-state index >= 15 is 0 Å². The van der Waals surface area contributed by atoms with E-state index in [2.05, 4.69) is 25.1 Å². The van der Waals surface area contributed by atoms with Crippen molar-refractivity contribution in [1.82, 2.24) is 24.8 Å². The third kappa shape index (κ3) is 4.85. The van der Waals surface area contributed by atoms with Crippen LogP contribution in [-0.4, -0.2) is 58.6 Å². The SMILES string of the molecule is CCn1c(=O)[nH]c2cc(CN3CCN(c4ccc(C(=O)NC)nc4C)CC3)cc(F)c2c1=O.S. The number of carbonyl (C=O) groups excluding carboxylic acids is 1. The molecular formula is C23H29FN6O3S. The predicted octanol–water partition coefficient (Wildman–Crippen LogP) is 1.35. The molecule has 1 fully saturated rings. The molecule has 0 saturated carbocycles. The molecule has 0 radical (unpaired) electrons. The Morgan fingerprint density at radius 3 is 2.50 bits per heavy atom. The van der Waals surface area contributed by atoms with Gasteiger partial charge in [-0.1, -0.05) is 0 Å². The van der Waals surface area contributed by atoms with Crippen LogP contribution in [0.4, 0.5) is 10.1 Å². The Morgan fingerprint density at radius 2 is 1.88 bits per heavy atom. The predicted molar refractivity (Wildman–Crippen MR) is 135 cm³/mol. The summed E-state index contributed by atoms with van der Waals surface area (Å²) in [4.78, 5) is 47.8. The first-order chi connectivity index (χ1) is 15.8. The van der Waals surface area contributed by atoms with E-state index in [0.717, 1.165) is 42.1 Å². The van der Waals surface area contributed by atoms with Gasteiger partial charge in [-0.05, 0) is 43.7 Å². The summed E-state index contributed by atoms with van der Waals surface area (Å²) in [6, 6.07) is 6.69. The largest absolute Gasteiger partial charge is 0.368 e. The van der Waals surface area contributed by atoms with Crippen molar-refractivity contribution in [3.8, 4) is 0 Å². The van der Waals surface area contributed by atoms with Gasteiger partial charge in [0.25, 0.3) is 11.5 Å². The molecule has 2 aromatic heterocycles. The normalized spacial score (nSPS) is 14.2. The van der Waals surface area contributed by atoms with Crippen molar-refractivity contribution >= 4 is 36.0 Å². The van der Waals surface area contributed by atoms with Gasteiger partial charge in [0, 0.05) is 46.3 Å². The number of aryl methyl sites for hydroxylation is 1. The van der Waals surface area contributed by atoms with Crippen molar-refractivity contribution in [1.29, 1.82) is 0 Å². The van der Waals surface area contributed by atoms with Crippen molar-refractivity contribution in [3.63, 3.8) is 0 Å². The quantitative estimate of drug-likeness (QED) is 0.562. The molecule has 1 aliphatic heterocycles. The topological polar surface area (TPSA) is 103 Å². The standard InChI is InChI=1S/C23H27FN6O3.H2S/c1-4-30-22(32)20-16(24)11-15(12-18(20)27-23(30)33)13-28-7-9-29(10-8-28)19-6-5-17(21(31)25-3)26-14(19)2;/h5-6,11-12H,4,7-10,13H2,1-3H3,(H,25,31)(H,27,33);1H2. The first kappa shape index (κ1) is 25.4. The summed E-state index contributed by atoms with van der Waals surface area (Å²) in [6.45, 7) is 7.27. The molecule has 182 valence electrons. The van der Waals surface area contributed by atoms with Crippen molar-refractivity contribution < 1.29 is 9.18 Å². The Labute approximate surface area is 203 Å². The highest BCUT2D eigenvalue weighted by Crippen LogP contribution is 2.22. The monoisotopic (exact) mass is 488 g/mol. The Morgan fingerprint density at radius 1 is 1.18 bits per heavy atom. The highest BCUT2D eigenvalue weighted by molar-refractivity contribution is 7.59. The average Bonchev–Trinajstić information content (AvgIpc) is 2.79. The first-order valence-corrected chi connectivity index (χ1v) is 10.9. The molecule has 1 amide bonds. The minimum Gasteiger partial charge on any atom is -0.368 e. The zero-order valence-electron chi connectivity index (χ0n) is 19.4. The highest BCUT2D eigenvalue weighted by atomic mass is 32.1. The number of aromatic amines is 1. The zero-order chi connectivity index (χ0) is 23.7. The molecule has 0 atom stereocenters. The van der Waals surface area contributed by atoms with E-state index < -0.39 is 17.1 Å². The summed E-state index contributed by atoms with van der Waals surface area (Å²) in [6.07, 6.45) is 0. The molecule has 3 heterocycles. The van der Waals surface area contributed by atoms with Gasteiger partial charge in [-0.2, -0.15) is 13.5 Å². The van der Waals surface area contributed by atoms with Crippen LogP contribution >= 0.6 is 13.5 Å². The number of carbonyl (C=O) groups is 1. The van der Waals surface area contributed by atoms with Crippen LogP contribution in [0.5, 0.6) is 0 Å². The van der Waals surface area contributed by atoms with Gasteiger partial charge in [0.1, 0.15) is 11.5 Å². The second-order valence-corrected chi connectivity index (χ2v) is 8.12. The van der Waals surface area contributed by atoms with Gasteiger partial charge < -0.3 is 15.2 Å². The van der Waals surface area contributed by atoms with Crippen LogP contribution in [0.3, 0.4) is 0 Å². The maximum atomic E-state index is 14.8. The van der Waals surface area contributed by atoms with Crippen LogP contribution in [0.1, 0.15) is 28.7 Å². The van der Waals surface area contributed by atoms with Gasteiger partial charge in [-0.25, -0.2) is 14.2 Å². The number of piperazine rings is 1. The van der Waals surface area contributed by atoms with Gasteiger partial charge in [0.05, 0.1) is 22.3 Å². The van der Waals surface area contributed by atoms with Crippen molar-refractivity contribution in [2.75, 3.05) is 38.1 Å². The Hall–Kier alpha value is -3.18. The van der Waals surface area contributed by atoms with Gasteiger partial charge in [0.2, 0.25) is 0 Å². The van der Waals surface area contributed by atoms with E-state index in [4.69, 9.17) is 0 Å². The van der Waals surface area contributed by atoms with Crippen molar-refractivity contribution in [3.05, 3.63) is 67.9 Å². The lowest BCUT2D eigenvalue weighted by atomic mass is 10.1. The van der Waals surface area contributed by atoms with Gasteiger partial charge in [-0.3, -0.25) is 19.1 Å². The lowest BCUT2D eigenvalue weighted by Gasteiger charge is -2.36. The van der Waals surface area contributed by atoms with Crippen LogP contribution in [0.25, 0.3) is 10.9 Å². The highest BCUT2D eigenvalue weighted by Gasteiger charge is 2.21. The number of rotatable bonds is 5. The molecule has 3 aromatic rings. The number of amides is 1. The lowest BCUT2D eigenvalue weighted by Crippen LogP contribution is -2.46. The number of H-pyrrole nitrogens is 1. The molecule has 0 aliphatic carbocycles. The number of fused-ring (bicyclic) bond motifs is 1. The number of hydrogen-bond acceptors (Lipinski definition) is 6. The summed E-state index contributed by atoms with van der Waals surface area (Å²) in [5.41, 5.74) is 1.95. The Bertz CT molecular complexity index is 1330. The molecule has 1 aliphatic rings. The third-order valence-corrected chi connectivity index (χ3v) is 6.05. The van der Waals surface area contributed by atoms with Gasteiger partial charge in [0.15, 0.2) is 0 Å². The number of pyridine rings is 1. The summed E-state index contributed by atoms with van der Waals surface area (Å²) in [7, 11) is 1.58. The fourth-order valence-corrected chi connectivity index (χ4v) is 4.31. The molecule has 1 aromatic carbocycles. The van der Waals surface area contributed by atoms with E-state index in [1.807, 2.05) is 13.0 Å². The van der Waals surface area contributed by atoms with E-state index in [0.29, 0.717) is 17.8 Å². The maximum absolute atomic E-state index is 14.8. The number of halogens is 1. The number of aromatic nitrogens is 3. The van der Waals surface area contributed by atoms with Gasteiger partial charge in [-0.15, -0.1) is 0 Å². The molecule has 34 heavy (non-hydrogen) atoms. The second kappa shape index (κ2) is 10.4. The van der Waals surface area contributed by atoms with Gasteiger partial charge >= 0.3 is 5.69 Å². The van der Waals surface area contributed by atoms with E-state index in [-0.39, 0.29) is 36.9 Å². The third-order valence-electron chi connectivity index (χ3n) is 6.05. The Kier molecular flexibility index (Phi) is 7.78. The zero-order valence-corrected chi connectivity index (χ0v) is 20.4. The number of benzene rings is 1. The molecule has 11 heteroatoms. The van der Waals surface area contributed by atoms with Crippen LogP contribution < -0.4 is 21.5 Å². The van der Waals surface area contributed by atoms with E-state index in [1.165, 1.54) is 6.07 Å². The number of nitrogens with zero attached hydrogens (tertiary/aromatic N) is 4. The molecule has 1 saturated heterocycles. The van der Waals surface area contributed by atoms with E-state index in [9.17, 15) is 18.8 Å². The first-order valence-electron chi connectivity index (χ1n) is 10.9. The summed E-state index contributed by atoms with van der Waals surface area (Å²) in [5.74, 6) is -0.838. The molecule has 2 N–H and O–H groups in total. The number of nitrogens with one attached hydrogen (secondary N) is 2. The number of hydrogen-bond donors (Lipinski definition) is 2. The van der Waals surface area contributed by atoms with Crippen LogP contribution in [0.15, 0.2) is 33.9 Å². The molecule has 4 rings (SSSR count). The summed E-state index contributed by atoms with van der Waals surface area (Å²) in [5, 5.41) is 2.49. The summed E-state index contributed by atoms with van der Waals surface area (Å²) >= 11 is 0. The molecule has 0 unspecified atom stereocenters. The maximum Gasteiger partial charge on any atom is 0.328 e. The Balaban J connectivity index is 0.00000324. The fraction of sp³-hybridized carbons (Fsp3) is 0.391. The van der Waals surface area contributed by atoms with Crippen LogP contribution in [-0.2, 0) is 13.1 Å². The lowest BCUT2D eigenvalue weighted by molar-refractivity contribution is 0.0958. The van der Waals surface area contributed by atoms with Crippen molar-refractivity contribution in [2.24, 2.45) is 0 Å². The average molecular weight is 489 g/mol. The van der Waals surface area contributed by atoms with E-state index in [1.54, 1.807) is 26.1 Å². The molecule has 0 bridgehead atoms. The minimum atomic E-state index is -0.623. The van der Waals surface area contributed by atoms with Crippen LogP contribution in [0.2, 0.25) is 0 Å². The summed E-state index contributed by atoms with van der Waals surface area (Å²) < 4.78 is 15.7. The molecular weight excluding hydrogens is 459 g/mol. The minimum absolute atomic E-state index is 0.